The number of hydrogen-bond acceptors (Lipinski definition) is 3. The van der Waals surface area contributed by atoms with E-state index in [1.165, 1.54) is 13.2 Å². The van der Waals surface area contributed by atoms with Gasteiger partial charge in [0, 0.05) is 13.0 Å². The normalized spacial score (nSPS) is 10.9. The van der Waals surface area contributed by atoms with E-state index in [0.29, 0.717) is 13.0 Å². The van der Waals surface area contributed by atoms with Gasteiger partial charge in [-0.25, -0.2) is 0 Å². The summed E-state index contributed by atoms with van der Waals surface area (Å²) in [6.45, 7) is 2.51. The highest BCUT2D eigenvalue weighted by molar-refractivity contribution is 5.76. The number of carbonyl (C=O) groups excluding carboxylic acids is 1. The van der Waals surface area contributed by atoms with Crippen LogP contribution in [0.1, 0.15) is 12.0 Å². The maximum atomic E-state index is 12.2. The topological polar surface area (TPSA) is 47.6 Å². The number of carbonyl (C=O) groups is 1. The zero-order chi connectivity index (χ0) is 16.6. The first kappa shape index (κ1) is 17.9. The fraction of sp³-hybridized carbons (Fsp3) is 0.400. The average molecular weight is 317 g/mol. The van der Waals surface area contributed by atoms with Gasteiger partial charge in [-0.1, -0.05) is 12.1 Å². The number of halogens is 3. The van der Waals surface area contributed by atoms with Crippen LogP contribution in [0.3, 0.4) is 0 Å². The lowest BCUT2D eigenvalue weighted by Crippen LogP contribution is -2.23. The molecule has 1 aromatic carbocycles. The van der Waals surface area contributed by atoms with Gasteiger partial charge in [0.1, 0.15) is 0 Å². The van der Waals surface area contributed by atoms with E-state index in [1.807, 2.05) is 0 Å². The number of benzene rings is 1. The highest BCUT2D eigenvalue weighted by Gasteiger charge is 2.29. The lowest BCUT2D eigenvalue weighted by molar-refractivity contribution is -0.153. The van der Waals surface area contributed by atoms with Crippen LogP contribution < -0.4 is 14.8 Å². The van der Waals surface area contributed by atoms with Crippen molar-refractivity contribution in [2.45, 2.75) is 19.0 Å². The van der Waals surface area contributed by atoms with E-state index < -0.39 is 12.8 Å². The highest BCUT2D eigenvalue weighted by atomic mass is 19.4. The molecule has 1 rings (SSSR count). The second kappa shape index (κ2) is 8.31. The molecule has 0 bridgehead atoms. The molecule has 0 aliphatic carbocycles. The van der Waals surface area contributed by atoms with Gasteiger partial charge < -0.3 is 14.8 Å². The van der Waals surface area contributed by atoms with E-state index in [9.17, 15) is 18.0 Å². The summed E-state index contributed by atoms with van der Waals surface area (Å²) in [5, 5.41) is 2.64. The molecule has 1 amide bonds. The van der Waals surface area contributed by atoms with E-state index in [2.05, 4.69) is 16.6 Å². The Bertz CT molecular complexity index is 515. The summed E-state index contributed by atoms with van der Waals surface area (Å²) in [6, 6.07) is 4.57. The summed E-state index contributed by atoms with van der Waals surface area (Å²) in [5.74, 6) is 0.0872. The minimum Gasteiger partial charge on any atom is -0.493 e. The minimum absolute atomic E-state index is 0.0136. The molecule has 7 heteroatoms. The molecule has 122 valence electrons. The fourth-order valence-electron chi connectivity index (χ4n) is 1.68. The molecule has 0 atom stereocenters. The van der Waals surface area contributed by atoms with Crippen LogP contribution >= 0.6 is 0 Å². The smallest absolute Gasteiger partial charge is 0.422 e. The molecule has 0 aromatic heterocycles. The molecule has 1 aromatic rings. The maximum absolute atomic E-state index is 12.2. The summed E-state index contributed by atoms with van der Waals surface area (Å²) in [5.41, 5.74) is 0.768. The standard InChI is InChI=1S/C15H18F3NO3/c1-3-8-19-14(20)7-5-11-4-6-12(13(9-11)21-2)22-10-15(16,17)18/h3-4,6,9H,1,5,7-8,10H2,2H3,(H,19,20). The molecule has 0 aliphatic heterocycles. The summed E-state index contributed by atoms with van der Waals surface area (Å²) in [7, 11) is 1.34. The number of ether oxygens (including phenoxy) is 2. The quantitative estimate of drug-likeness (QED) is 0.750. The Morgan fingerprint density at radius 3 is 2.68 bits per heavy atom. The molecule has 0 aliphatic rings. The van der Waals surface area contributed by atoms with E-state index in [1.54, 1.807) is 18.2 Å². The van der Waals surface area contributed by atoms with Gasteiger partial charge in [0.15, 0.2) is 18.1 Å². The number of alkyl halides is 3. The molecular formula is C15H18F3NO3. The van der Waals surface area contributed by atoms with Crippen molar-refractivity contribution in [3.8, 4) is 11.5 Å². The third-order valence-corrected chi connectivity index (χ3v) is 2.70. The van der Waals surface area contributed by atoms with Crippen LogP contribution in [-0.4, -0.2) is 32.3 Å². The fourth-order valence-corrected chi connectivity index (χ4v) is 1.68. The van der Waals surface area contributed by atoms with Crippen molar-refractivity contribution < 1.29 is 27.4 Å². The van der Waals surface area contributed by atoms with Crippen molar-refractivity contribution in [3.05, 3.63) is 36.4 Å². The van der Waals surface area contributed by atoms with Gasteiger partial charge in [0.25, 0.3) is 0 Å². The zero-order valence-electron chi connectivity index (χ0n) is 12.2. The van der Waals surface area contributed by atoms with E-state index >= 15 is 0 Å². The number of nitrogens with one attached hydrogen (secondary N) is 1. The molecule has 0 saturated carbocycles. The molecule has 0 radical (unpaired) electrons. The Balaban J connectivity index is 2.64. The summed E-state index contributed by atoms with van der Waals surface area (Å²) >= 11 is 0. The first-order valence-corrected chi connectivity index (χ1v) is 6.59. The van der Waals surface area contributed by atoms with Gasteiger partial charge >= 0.3 is 6.18 Å². The van der Waals surface area contributed by atoms with Gasteiger partial charge in [-0.05, 0) is 24.1 Å². The second-order valence-corrected chi connectivity index (χ2v) is 4.48. The lowest BCUT2D eigenvalue weighted by Gasteiger charge is -2.13. The van der Waals surface area contributed by atoms with Crippen molar-refractivity contribution in [3.63, 3.8) is 0 Å². The van der Waals surface area contributed by atoms with Crippen molar-refractivity contribution in [2.75, 3.05) is 20.3 Å². The molecule has 0 heterocycles. The Kier molecular flexibility index (Phi) is 6.75. The van der Waals surface area contributed by atoms with E-state index in [0.717, 1.165) is 5.56 Å². The minimum atomic E-state index is -4.41. The van der Waals surface area contributed by atoms with Gasteiger partial charge in [-0.2, -0.15) is 13.2 Å². The maximum Gasteiger partial charge on any atom is 0.422 e. The number of methoxy groups -OCH3 is 1. The Labute approximate surface area is 126 Å². The summed E-state index contributed by atoms with van der Waals surface area (Å²) in [4.78, 5) is 11.5. The van der Waals surface area contributed by atoms with Gasteiger partial charge in [0.05, 0.1) is 7.11 Å². The molecular weight excluding hydrogens is 299 g/mol. The first-order chi connectivity index (χ1) is 10.4. The molecule has 0 unspecified atom stereocenters. The first-order valence-electron chi connectivity index (χ1n) is 6.59. The predicted molar refractivity (Wildman–Crippen MR) is 76.1 cm³/mol. The van der Waals surface area contributed by atoms with Crippen molar-refractivity contribution in [2.24, 2.45) is 0 Å². The van der Waals surface area contributed by atoms with Crippen molar-refractivity contribution >= 4 is 5.91 Å². The van der Waals surface area contributed by atoms with Gasteiger partial charge in [-0.3, -0.25) is 4.79 Å². The van der Waals surface area contributed by atoms with Gasteiger partial charge in [0.2, 0.25) is 5.91 Å². The van der Waals surface area contributed by atoms with Crippen LogP contribution in [0.2, 0.25) is 0 Å². The number of rotatable bonds is 8. The predicted octanol–water partition coefficient (Wildman–Crippen LogP) is 2.87. The third kappa shape index (κ3) is 6.51. The SMILES string of the molecule is C=CCNC(=O)CCc1ccc(OCC(F)(F)F)c(OC)c1. The van der Waals surface area contributed by atoms with Crippen LogP contribution in [0, 0.1) is 0 Å². The van der Waals surface area contributed by atoms with E-state index in [4.69, 9.17) is 4.74 Å². The highest BCUT2D eigenvalue weighted by Crippen LogP contribution is 2.30. The monoisotopic (exact) mass is 317 g/mol. The van der Waals surface area contributed by atoms with Crippen LogP contribution in [0.25, 0.3) is 0 Å². The Morgan fingerprint density at radius 1 is 1.36 bits per heavy atom. The van der Waals surface area contributed by atoms with Crippen LogP contribution in [0.15, 0.2) is 30.9 Å². The van der Waals surface area contributed by atoms with Crippen LogP contribution in [-0.2, 0) is 11.2 Å². The van der Waals surface area contributed by atoms with Crippen molar-refractivity contribution in [1.29, 1.82) is 0 Å². The number of hydrogen-bond donors (Lipinski definition) is 1. The molecule has 22 heavy (non-hydrogen) atoms. The number of aryl methyl sites for hydroxylation is 1. The van der Waals surface area contributed by atoms with Gasteiger partial charge in [-0.15, -0.1) is 6.58 Å². The summed E-state index contributed by atoms with van der Waals surface area (Å²) < 4.78 is 46.2. The molecule has 1 N–H and O–H groups in total. The molecule has 0 saturated heterocycles. The molecule has 4 nitrogen and oxygen atoms in total. The zero-order valence-corrected chi connectivity index (χ0v) is 12.2. The number of amides is 1. The Hall–Kier alpha value is -2.18. The third-order valence-electron chi connectivity index (χ3n) is 2.70. The van der Waals surface area contributed by atoms with Crippen molar-refractivity contribution in [1.82, 2.24) is 5.32 Å². The van der Waals surface area contributed by atoms with Crippen LogP contribution in [0.5, 0.6) is 11.5 Å². The molecule has 0 spiro atoms. The molecule has 0 fully saturated rings. The Morgan fingerprint density at radius 2 is 2.09 bits per heavy atom. The largest absolute Gasteiger partial charge is 0.493 e. The average Bonchev–Trinajstić information content (AvgIpc) is 2.48. The summed E-state index contributed by atoms with van der Waals surface area (Å²) in [6.07, 6.45) is -2.13. The lowest BCUT2D eigenvalue weighted by atomic mass is 10.1. The van der Waals surface area contributed by atoms with E-state index in [-0.39, 0.29) is 23.8 Å². The second-order valence-electron chi connectivity index (χ2n) is 4.48. The van der Waals surface area contributed by atoms with Crippen LogP contribution in [0.4, 0.5) is 13.2 Å².